The lowest BCUT2D eigenvalue weighted by molar-refractivity contribution is -0.385. The zero-order chi connectivity index (χ0) is 19.1. The standard InChI is InChI=1S/C21H23N3O3/c25-21(12-11-19-9-4-5-10-20(19)24(26)27)23-14-6-13-22(15-16-23)17-18-7-2-1-3-8-18/h1-5,7-12H,6,13-17H2/b12-11+. The van der Waals surface area contributed by atoms with Crippen LogP contribution in [-0.4, -0.2) is 46.8 Å². The molecule has 1 heterocycles. The number of hydrogen-bond donors (Lipinski definition) is 0. The summed E-state index contributed by atoms with van der Waals surface area (Å²) < 4.78 is 0. The topological polar surface area (TPSA) is 66.7 Å². The molecule has 0 bridgehead atoms. The first-order valence-corrected chi connectivity index (χ1v) is 9.10. The maximum Gasteiger partial charge on any atom is 0.276 e. The fraction of sp³-hybridized carbons (Fsp3) is 0.286. The van der Waals surface area contributed by atoms with Crippen LogP contribution in [0.1, 0.15) is 17.5 Å². The van der Waals surface area contributed by atoms with Gasteiger partial charge in [0.25, 0.3) is 5.69 Å². The first-order chi connectivity index (χ1) is 13.1. The van der Waals surface area contributed by atoms with Crippen molar-refractivity contribution in [2.45, 2.75) is 13.0 Å². The molecule has 1 aliphatic heterocycles. The van der Waals surface area contributed by atoms with Gasteiger partial charge in [0.15, 0.2) is 0 Å². The summed E-state index contributed by atoms with van der Waals surface area (Å²) in [7, 11) is 0. The summed E-state index contributed by atoms with van der Waals surface area (Å²) in [5.74, 6) is -0.102. The van der Waals surface area contributed by atoms with Crippen LogP contribution in [0.5, 0.6) is 0 Å². The second kappa shape index (κ2) is 9.09. The van der Waals surface area contributed by atoms with Crippen molar-refractivity contribution < 1.29 is 9.72 Å². The van der Waals surface area contributed by atoms with Crippen LogP contribution in [-0.2, 0) is 11.3 Å². The summed E-state index contributed by atoms with van der Waals surface area (Å²) in [4.78, 5) is 27.3. The SMILES string of the molecule is O=C(/C=C/c1ccccc1[N+](=O)[O-])N1CCCN(Cc2ccccc2)CC1. The van der Waals surface area contributed by atoms with Gasteiger partial charge < -0.3 is 4.90 Å². The Labute approximate surface area is 158 Å². The maximum absolute atomic E-state index is 12.5. The summed E-state index contributed by atoms with van der Waals surface area (Å²) in [6.07, 6.45) is 3.89. The minimum atomic E-state index is -0.433. The summed E-state index contributed by atoms with van der Waals surface area (Å²) in [5, 5.41) is 11.1. The van der Waals surface area contributed by atoms with Crippen LogP contribution in [0.25, 0.3) is 6.08 Å². The van der Waals surface area contributed by atoms with E-state index in [0.29, 0.717) is 18.7 Å². The highest BCUT2D eigenvalue weighted by atomic mass is 16.6. The van der Waals surface area contributed by atoms with Crippen LogP contribution < -0.4 is 0 Å². The molecule has 0 radical (unpaired) electrons. The quantitative estimate of drug-likeness (QED) is 0.463. The average molecular weight is 365 g/mol. The predicted octanol–water partition coefficient (Wildman–Crippen LogP) is 3.34. The Bertz CT molecular complexity index is 820. The maximum atomic E-state index is 12.5. The third-order valence-electron chi connectivity index (χ3n) is 4.69. The molecule has 6 heteroatoms. The minimum Gasteiger partial charge on any atom is -0.338 e. The second-order valence-corrected chi connectivity index (χ2v) is 6.59. The molecule has 0 unspecified atom stereocenters. The van der Waals surface area contributed by atoms with Gasteiger partial charge in [-0.15, -0.1) is 0 Å². The molecule has 0 spiro atoms. The van der Waals surface area contributed by atoms with Crippen LogP contribution in [0.2, 0.25) is 0 Å². The monoisotopic (exact) mass is 365 g/mol. The van der Waals surface area contributed by atoms with Gasteiger partial charge in [0.1, 0.15) is 0 Å². The van der Waals surface area contributed by atoms with Crippen molar-refractivity contribution >= 4 is 17.7 Å². The van der Waals surface area contributed by atoms with Gasteiger partial charge in [-0.25, -0.2) is 0 Å². The van der Waals surface area contributed by atoms with Crippen LogP contribution in [0, 0.1) is 10.1 Å². The number of amides is 1. The smallest absolute Gasteiger partial charge is 0.276 e. The van der Waals surface area contributed by atoms with Gasteiger partial charge in [-0.2, -0.15) is 0 Å². The number of carbonyl (C=O) groups excluding carboxylic acids is 1. The van der Waals surface area contributed by atoms with E-state index in [1.807, 2.05) is 23.1 Å². The Morgan fingerprint density at radius 2 is 1.74 bits per heavy atom. The van der Waals surface area contributed by atoms with Crippen molar-refractivity contribution in [1.82, 2.24) is 9.80 Å². The average Bonchev–Trinajstić information content (AvgIpc) is 2.93. The third kappa shape index (κ3) is 5.24. The van der Waals surface area contributed by atoms with E-state index in [9.17, 15) is 14.9 Å². The van der Waals surface area contributed by atoms with E-state index in [4.69, 9.17) is 0 Å². The molecular weight excluding hydrogens is 342 g/mol. The van der Waals surface area contributed by atoms with Crippen molar-refractivity contribution in [1.29, 1.82) is 0 Å². The first kappa shape index (κ1) is 18.8. The van der Waals surface area contributed by atoms with Gasteiger partial charge in [0.05, 0.1) is 10.5 Å². The molecule has 1 amide bonds. The highest BCUT2D eigenvalue weighted by Crippen LogP contribution is 2.19. The largest absolute Gasteiger partial charge is 0.338 e. The van der Waals surface area contributed by atoms with Crippen LogP contribution in [0.15, 0.2) is 60.7 Å². The van der Waals surface area contributed by atoms with Crippen LogP contribution >= 0.6 is 0 Å². The van der Waals surface area contributed by atoms with E-state index in [-0.39, 0.29) is 11.6 Å². The van der Waals surface area contributed by atoms with Crippen molar-refractivity contribution in [2.24, 2.45) is 0 Å². The lowest BCUT2D eigenvalue weighted by Gasteiger charge is -2.21. The van der Waals surface area contributed by atoms with Gasteiger partial charge in [-0.1, -0.05) is 42.5 Å². The highest BCUT2D eigenvalue weighted by Gasteiger charge is 2.18. The van der Waals surface area contributed by atoms with Crippen molar-refractivity contribution in [3.8, 4) is 0 Å². The van der Waals surface area contributed by atoms with E-state index >= 15 is 0 Å². The number of carbonyl (C=O) groups is 1. The Hall–Kier alpha value is -2.99. The number of nitrogens with zero attached hydrogens (tertiary/aromatic N) is 3. The Kier molecular flexibility index (Phi) is 6.33. The molecule has 1 fully saturated rings. The van der Waals surface area contributed by atoms with E-state index in [0.717, 1.165) is 26.1 Å². The number of rotatable bonds is 5. The molecule has 3 rings (SSSR count). The molecule has 0 atom stereocenters. The minimum absolute atomic E-state index is 0.00597. The van der Waals surface area contributed by atoms with E-state index in [2.05, 4.69) is 17.0 Å². The summed E-state index contributed by atoms with van der Waals surface area (Å²) in [6, 6.07) is 16.7. The van der Waals surface area contributed by atoms with Gasteiger partial charge in [-0.3, -0.25) is 19.8 Å². The zero-order valence-corrected chi connectivity index (χ0v) is 15.2. The number of benzene rings is 2. The van der Waals surface area contributed by atoms with Gasteiger partial charge >= 0.3 is 0 Å². The summed E-state index contributed by atoms with van der Waals surface area (Å²) in [5.41, 5.74) is 1.72. The Morgan fingerprint density at radius 3 is 2.52 bits per heavy atom. The third-order valence-corrected chi connectivity index (χ3v) is 4.69. The summed E-state index contributed by atoms with van der Waals surface area (Å²) in [6.45, 7) is 4.01. The lowest BCUT2D eigenvalue weighted by atomic mass is 10.1. The fourth-order valence-corrected chi connectivity index (χ4v) is 3.25. The predicted molar refractivity (Wildman–Crippen MR) is 105 cm³/mol. The number of para-hydroxylation sites is 1. The molecule has 1 saturated heterocycles. The first-order valence-electron chi connectivity index (χ1n) is 9.10. The van der Waals surface area contributed by atoms with Crippen molar-refractivity contribution in [3.05, 3.63) is 81.9 Å². The molecule has 0 N–H and O–H groups in total. The van der Waals surface area contributed by atoms with Crippen molar-refractivity contribution in [3.63, 3.8) is 0 Å². The zero-order valence-electron chi connectivity index (χ0n) is 15.2. The molecule has 2 aromatic rings. The Balaban J connectivity index is 1.59. The molecule has 140 valence electrons. The van der Waals surface area contributed by atoms with E-state index in [1.54, 1.807) is 18.2 Å². The molecule has 0 aromatic heterocycles. The Morgan fingerprint density at radius 1 is 1.00 bits per heavy atom. The van der Waals surface area contributed by atoms with Crippen LogP contribution in [0.4, 0.5) is 5.69 Å². The van der Waals surface area contributed by atoms with E-state index in [1.165, 1.54) is 23.8 Å². The molecular formula is C21H23N3O3. The number of hydrogen-bond acceptors (Lipinski definition) is 4. The molecule has 2 aromatic carbocycles. The van der Waals surface area contributed by atoms with Gasteiger partial charge in [-0.05, 0) is 24.1 Å². The molecule has 1 aliphatic rings. The fourth-order valence-electron chi connectivity index (χ4n) is 3.25. The molecule has 0 saturated carbocycles. The highest BCUT2D eigenvalue weighted by molar-refractivity contribution is 5.92. The molecule has 6 nitrogen and oxygen atoms in total. The van der Waals surface area contributed by atoms with E-state index < -0.39 is 4.92 Å². The number of nitro groups is 1. The van der Waals surface area contributed by atoms with Gasteiger partial charge in [0.2, 0.25) is 5.91 Å². The lowest BCUT2D eigenvalue weighted by Crippen LogP contribution is -2.34. The van der Waals surface area contributed by atoms with Gasteiger partial charge in [0, 0.05) is 44.9 Å². The number of nitro benzene ring substituents is 1. The summed E-state index contributed by atoms with van der Waals surface area (Å²) >= 11 is 0. The normalized spacial score (nSPS) is 15.6. The second-order valence-electron chi connectivity index (χ2n) is 6.59. The van der Waals surface area contributed by atoms with Crippen LogP contribution in [0.3, 0.4) is 0 Å². The molecule has 0 aliphatic carbocycles. The van der Waals surface area contributed by atoms with Crippen molar-refractivity contribution in [2.75, 3.05) is 26.2 Å². The molecule has 27 heavy (non-hydrogen) atoms.